The Morgan fingerprint density at radius 2 is 2.07 bits per heavy atom. The van der Waals surface area contributed by atoms with Crippen LogP contribution in [0.15, 0.2) is 24.3 Å². The highest BCUT2D eigenvalue weighted by molar-refractivity contribution is 6.31. The van der Waals surface area contributed by atoms with Crippen LogP contribution in [0.5, 0.6) is 0 Å². The predicted molar refractivity (Wildman–Crippen MR) is 60.4 cm³/mol. The summed E-state index contributed by atoms with van der Waals surface area (Å²) in [6.45, 7) is 0. The Morgan fingerprint density at radius 3 is 2.71 bits per heavy atom. The highest BCUT2D eigenvalue weighted by atomic mass is 35.5. The van der Waals surface area contributed by atoms with Gasteiger partial charge in [0.05, 0.1) is 0 Å². The zero-order chi connectivity index (χ0) is 10.4. The van der Waals surface area contributed by atoms with Crippen molar-refractivity contribution in [1.29, 1.82) is 0 Å². The molecular formula is C11H12Cl2O. The van der Waals surface area contributed by atoms with E-state index in [9.17, 15) is 4.79 Å². The molecular weight excluding hydrogens is 219 g/mol. The van der Waals surface area contributed by atoms with Crippen molar-refractivity contribution in [1.82, 2.24) is 0 Å². The van der Waals surface area contributed by atoms with Crippen LogP contribution in [0.2, 0.25) is 5.02 Å². The van der Waals surface area contributed by atoms with E-state index >= 15 is 0 Å². The molecule has 14 heavy (non-hydrogen) atoms. The molecule has 0 saturated carbocycles. The molecule has 1 nitrogen and oxygen atoms in total. The molecule has 0 aromatic heterocycles. The minimum absolute atomic E-state index is 0.137. The van der Waals surface area contributed by atoms with Crippen molar-refractivity contribution in [2.45, 2.75) is 19.3 Å². The molecule has 3 heteroatoms. The fourth-order valence-electron chi connectivity index (χ4n) is 1.19. The number of benzene rings is 1. The van der Waals surface area contributed by atoms with E-state index in [2.05, 4.69) is 0 Å². The number of halogens is 2. The second kappa shape index (κ2) is 6.05. The van der Waals surface area contributed by atoms with Crippen LogP contribution in [0, 0.1) is 0 Å². The van der Waals surface area contributed by atoms with Gasteiger partial charge in [0.25, 0.3) is 0 Å². The minimum Gasteiger partial charge on any atom is -0.294 e. The van der Waals surface area contributed by atoms with E-state index < -0.39 is 0 Å². The van der Waals surface area contributed by atoms with Crippen LogP contribution in [0.1, 0.15) is 29.6 Å². The summed E-state index contributed by atoms with van der Waals surface area (Å²) >= 11 is 11.3. The Labute approximate surface area is 94.0 Å². The highest BCUT2D eigenvalue weighted by Gasteiger charge is 2.05. The summed E-state index contributed by atoms with van der Waals surface area (Å²) in [4.78, 5) is 11.6. The third-order valence-corrected chi connectivity index (χ3v) is 2.44. The number of hydrogen-bond donors (Lipinski definition) is 0. The van der Waals surface area contributed by atoms with E-state index in [1.165, 1.54) is 0 Å². The van der Waals surface area contributed by atoms with E-state index in [0.29, 0.717) is 22.9 Å². The molecule has 0 atom stereocenters. The zero-order valence-electron chi connectivity index (χ0n) is 7.80. The molecule has 0 fully saturated rings. The lowest BCUT2D eigenvalue weighted by Crippen LogP contribution is -1.98. The third kappa shape index (κ3) is 3.69. The fourth-order valence-corrected chi connectivity index (χ4v) is 1.57. The van der Waals surface area contributed by atoms with Gasteiger partial charge in [0.1, 0.15) is 0 Å². The van der Waals surface area contributed by atoms with E-state index in [-0.39, 0.29) is 5.78 Å². The number of Topliss-reactive ketones (excluding diaryl/α,β-unsaturated/α-hetero) is 1. The maximum atomic E-state index is 11.6. The molecule has 0 aliphatic rings. The van der Waals surface area contributed by atoms with Crippen molar-refractivity contribution in [3.05, 3.63) is 34.9 Å². The number of carbonyl (C=O) groups excluding carboxylic acids is 1. The summed E-state index contributed by atoms with van der Waals surface area (Å²) in [5, 5.41) is 0.605. The Bertz CT molecular complexity index is 310. The average molecular weight is 231 g/mol. The Morgan fingerprint density at radius 1 is 1.29 bits per heavy atom. The summed E-state index contributed by atoms with van der Waals surface area (Å²) in [6.07, 6.45) is 2.27. The minimum atomic E-state index is 0.137. The number of hydrogen-bond acceptors (Lipinski definition) is 1. The van der Waals surface area contributed by atoms with E-state index in [1.807, 2.05) is 0 Å². The molecule has 1 rings (SSSR count). The Balaban J connectivity index is 2.52. The first kappa shape index (κ1) is 11.5. The van der Waals surface area contributed by atoms with Crippen LogP contribution in [0.3, 0.4) is 0 Å². The van der Waals surface area contributed by atoms with Gasteiger partial charge in [0.15, 0.2) is 5.78 Å². The summed E-state index contributed by atoms with van der Waals surface area (Å²) in [6, 6.07) is 7.04. The summed E-state index contributed by atoms with van der Waals surface area (Å²) in [7, 11) is 0. The van der Waals surface area contributed by atoms with Crippen molar-refractivity contribution in [2.75, 3.05) is 5.88 Å². The lowest BCUT2D eigenvalue weighted by atomic mass is 10.1. The van der Waals surface area contributed by atoms with Gasteiger partial charge in [-0.25, -0.2) is 0 Å². The predicted octanol–water partition coefficient (Wildman–Crippen LogP) is 3.93. The molecule has 0 heterocycles. The molecule has 1 aromatic rings. The topological polar surface area (TPSA) is 17.1 Å². The lowest BCUT2D eigenvalue weighted by molar-refractivity contribution is 0.0980. The van der Waals surface area contributed by atoms with E-state index in [1.54, 1.807) is 24.3 Å². The summed E-state index contributed by atoms with van der Waals surface area (Å²) < 4.78 is 0. The van der Waals surface area contributed by atoms with Crippen molar-refractivity contribution in [3.63, 3.8) is 0 Å². The maximum absolute atomic E-state index is 11.6. The number of unbranched alkanes of at least 4 members (excludes halogenated alkanes) is 1. The molecule has 76 valence electrons. The second-order valence-corrected chi connectivity index (χ2v) is 3.89. The molecule has 0 amide bonds. The van der Waals surface area contributed by atoms with E-state index in [4.69, 9.17) is 23.2 Å². The van der Waals surface area contributed by atoms with Gasteiger partial charge in [-0.2, -0.15) is 0 Å². The zero-order valence-corrected chi connectivity index (χ0v) is 9.31. The van der Waals surface area contributed by atoms with Crippen LogP contribution >= 0.6 is 23.2 Å². The van der Waals surface area contributed by atoms with Crippen molar-refractivity contribution in [3.8, 4) is 0 Å². The molecule has 0 N–H and O–H groups in total. The number of alkyl halides is 1. The van der Waals surface area contributed by atoms with E-state index in [0.717, 1.165) is 12.8 Å². The van der Waals surface area contributed by atoms with Crippen LogP contribution in [-0.2, 0) is 0 Å². The SMILES string of the molecule is O=C(CCCCCl)c1cccc(Cl)c1. The van der Waals surface area contributed by atoms with Gasteiger partial charge in [-0.3, -0.25) is 4.79 Å². The molecule has 0 aliphatic carbocycles. The molecule has 0 saturated heterocycles. The van der Waals surface area contributed by atoms with Gasteiger partial charge < -0.3 is 0 Å². The molecule has 0 radical (unpaired) electrons. The van der Waals surface area contributed by atoms with Crippen molar-refractivity contribution >= 4 is 29.0 Å². The fraction of sp³-hybridized carbons (Fsp3) is 0.364. The van der Waals surface area contributed by atoms with Gasteiger partial charge in [-0.05, 0) is 25.0 Å². The van der Waals surface area contributed by atoms with Crippen molar-refractivity contribution in [2.24, 2.45) is 0 Å². The second-order valence-electron chi connectivity index (χ2n) is 3.08. The smallest absolute Gasteiger partial charge is 0.162 e. The number of rotatable bonds is 5. The first-order valence-electron chi connectivity index (χ1n) is 4.59. The molecule has 1 aromatic carbocycles. The van der Waals surface area contributed by atoms with Gasteiger partial charge in [-0.15, -0.1) is 11.6 Å². The van der Waals surface area contributed by atoms with Crippen LogP contribution in [0.25, 0.3) is 0 Å². The molecule has 0 aliphatic heterocycles. The lowest BCUT2D eigenvalue weighted by Gasteiger charge is -2.00. The first-order valence-corrected chi connectivity index (χ1v) is 5.50. The van der Waals surface area contributed by atoms with Gasteiger partial charge in [0, 0.05) is 22.9 Å². The van der Waals surface area contributed by atoms with Gasteiger partial charge >= 0.3 is 0 Å². The monoisotopic (exact) mass is 230 g/mol. The standard InChI is InChI=1S/C11H12Cl2O/c12-7-2-1-6-11(14)9-4-3-5-10(13)8-9/h3-5,8H,1-2,6-7H2. The molecule has 0 unspecified atom stereocenters. The van der Waals surface area contributed by atoms with Crippen molar-refractivity contribution < 1.29 is 4.79 Å². The van der Waals surface area contributed by atoms with Gasteiger partial charge in [0.2, 0.25) is 0 Å². The normalized spacial score (nSPS) is 10.1. The van der Waals surface area contributed by atoms with Crippen LogP contribution in [0.4, 0.5) is 0 Å². The van der Waals surface area contributed by atoms with Crippen LogP contribution in [-0.4, -0.2) is 11.7 Å². The Kier molecular flexibility index (Phi) is 4.99. The Hall–Kier alpha value is -0.530. The quantitative estimate of drug-likeness (QED) is 0.426. The maximum Gasteiger partial charge on any atom is 0.162 e. The average Bonchev–Trinajstić information content (AvgIpc) is 2.18. The summed E-state index contributed by atoms with van der Waals surface area (Å²) in [5.74, 6) is 0.751. The first-order chi connectivity index (χ1) is 6.74. The summed E-state index contributed by atoms with van der Waals surface area (Å²) in [5.41, 5.74) is 0.687. The molecule has 0 spiro atoms. The number of carbonyl (C=O) groups is 1. The highest BCUT2D eigenvalue weighted by Crippen LogP contribution is 2.13. The third-order valence-electron chi connectivity index (χ3n) is 1.93. The van der Waals surface area contributed by atoms with Gasteiger partial charge in [-0.1, -0.05) is 23.7 Å². The largest absolute Gasteiger partial charge is 0.294 e. The number of ketones is 1. The van der Waals surface area contributed by atoms with Crippen LogP contribution < -0.4 is 0 Å². The molecule has 0 bridgehead atoms.